The molecule has 0 fully saturated rings. The minimum absolute atomic E-state index is 0.112. The van der Waals surface area contributed by atoms with Crippen molar-refractivity contribution in [3.8, 4) is 0 Å². The third kappa shape index (κ3) is 4.70. The molecule has 132 valence electrons. The van der Waals surface area contributed by atoms with Gasteiger partial charge in [0.1, 0.15) is 0 Å². The highest BCUT2D eigenvalue weighted by molar-refractivity contribution is 8.00. The van der Waals surface area contributed by atoms with Gasteiger partial charge in [0.15, 0.2) is 11.6 Å². The second kappa shape index (κ2) is 8.63. The zero-order chi connectivity index (χ0) is 18.4. The largest absolute Gasteiger partial charge is 0.344 e. The SMILES string of the molecule is O=C(CSc1ccc(F)c(F)c1)NC(c1ccccc1)c1ccccc1. The smallest absolute Gasteiger partial charge is 0.231 e. The maximum atomic E-state index is 13.3. The van der Waals surface area contributed by atoms with Crippen LogP contribution >= 0.6 is 11.8 Å². The Bertz CT molecular complexity index is 832. The van der Waals surface area contributed by atoms with Crippen molar-refractivity contribution >= 4 is 17.7 Å². The van der Waals surface area contributed by atoms with E-state index in [1.807, 2.05) is 60.7 Å². The summed E-state index contributed by atoms with van der Waals surface area (Å²) in [4.78, 5) is 12.9. The first-order valence-electron chi connectivity index (χ1n) is 8.10. The topological polar surface area (TPSA) is 29.1 Å². The minimum Gasteiger partial charge on any atom is -0.344 e. The Morgan fingerprint density at radius 1 is 0.846 bits per heavy atom. The number of hydrogen-bond donors (Lipinski definition) is 1. The Hall–Kier alpha value is -2.66. The molecule has 1 amide bonds. The number of thioether (sulfide) groups is 1. The predicted molar refractivity (Wildman–Crippen MR) is 100.0 cm³/mol. The van der Waals surface area contributed by atoms with E-state index in [0.29, 0.717) is 4.90 Å². The summed E-state index contributed by atoms with van der Waals surface area (Å²) in [7, 11) is 0. The average Bonchev–Trinajstić information content (AvgIpc) is 2.68. The van der Waals surface area contributed by atoms with Crippen molar-refractivity contribution in [3.63, 3.8) is 0 Å². The van der Waals surface area contributed by atoms with Gasteiger partial charge in [0.2, 0.25) is 5.91 Å². The molecule has 1 N–H and O–H groups in total. The molecule has 0 aliphatic rings. The summed E-state index contributed by atoms with van der Waals surface area (Å²) < 4.78 is 26.2. The standard InChI is InChI=1S/C21H17F2NOS/c22-18-12-11-17(13-19(18)23)26-14-20(25)24-21(15-7-3-1-4-8-15)16-9-5-2-6-10-16/h1-13,21H,14H2,(H,24,25). The fourth-order valence-electron chi connectivity index (χ4n) is 2.57. The van der Waals surface area contributed by atoms with E-state index in [1.54, 1.807) is 0 Å². The van der Waals surface area contributed by atoms with E-state index >= 15 is 0 Å². The van der Waals surface area contributed by atoms with Crippen LogP contribution in [0.4, 0.5) is 8.78 Å². The van der Waals surface area contributed by atoms with Gasteiger partial charge in [0.25, 0.3) is 0 Å². The van der Waals surface area contributed by atoms with Crippen LogP contribution in [0.3, 0.4) is 0 Å². The number of carbonyl (C=O) groups is 1. The first kappa shape index (κ1) is 18.1. The number of amides is 1. The summed E-state index contributed by atoms with van der Waals surface area (Å²) in [6.45, 7) is 0. The van der Waals surface area contributed by atoms with Gasteiger partial charge in [-0.25, -0.2) is 8.78 Å². The lowest BCUT2D eigenvalue weighted by Gasteiger charge is -2.20. The molecule has 2 nitrogen and oxygen atoms in total. The molecule has 0 radical (unpaired) electrons. The molecule has 0 bridgehead atoms. The molecule has 0 atom stereocenters. The number of benzene rings is 3. The van der Waals surface area contributed by atoms with E-state index in [-0.39, 0.29) is 17.7 Å². The lowest BCUT2D eigenvalue weighted by Crippen LogP contribution is -2.30. The number of hydrogen-bond acceptors (Lipinski definition) is 2. The monoisotopic (exact) mass is 369 g/mol. The number of carbonyl (C=O) groups excluding carboxylic acids is 1. The summed E-state index contributed by atoms with van der Waals surface area (Å²) >= 11 is 1.17. The molecule has 0 aliphatic heterocycles. The maximum Gasteiger partial charge on any atom is 0.231 e. The molecule has 3 rings (SSSR count). The molecule has 0 heterocycles. The van der Waals surface area contributed by atoms with Crippen molar-refractivity contribution in [1.29, 1.82) is 0 Å². The van der Waals surface area contributed by atoms with Gasteiger partial charge in [-0.15, -0.1) is 11.8 Å². The highest BCUT2D eigenvalue weighted by atomic mass is 32.2. The second-order valence-electron chi connectivity index (χ2n) is 5.69. The molecule has 0 unspecified atom stereocenters. The Morgan fingerprint density at radius 3 is 1.96 bits per heavy atom. The van der Waals surface area contributed by atoms with Crippen molar-refractivity contribution in [2.24, 2.45) is 0 Å². The predicted octanol–water partition coefficient (Wildman–Crippen LogP) is 4.96. The maximum absolute atomic E-state index is 13.3. The van der Waals surface area contributed by atoms with Crippen molar-refractivity contribution in [3.05, 3.63) is 102 Å². The summed E-state index contributed by atoms with van der Waals surface area (Å²) in [5.74, 6) is -1.88. The molecule has 0 aromatic heterocycles. The molecule has 26 heavy (non-hydrogen) atoms. The molecule has 3 aromatic carbocycles. The summed E-state index contributed by atoms with van der Waals surface area (Å²) in [5, 5.41) is 3.02. The molecular formula is C21H17F2NOS. The van der Waals surface area contributed by atoms with E-state index in [9.17, 15) is 13.6 Å². The Labute approximate surface area is 155 Å². The zero-order valence-corrected chi connectivity index (χ0v) is 14.7. The fourth-order valence-corrected chi connectivity index (χ4v) is 3.30. The fraction of sp³-hybridized carbons (Fsp3) is 0.0952. The van der Waals surface area contributed by atoms with Gasteiger partial charge in [0.05, 0.1) is 11.8 Å². The van der Waals surface area contributed by atoms with Gasteiger partial charge in [-0.3, -0.25) is 4.79 Å². The average molecular weight is 369 g/mol. The van der Waals surface area contributed by atoms with Crippen LogP contribution in [0, 0.1) is 11.6 Å². The van der Waals surface area contributed by atoms with Crippen LogP contribution in [-0.4, -0.2) is 11.7 Å². The van der Waals surface area contributed by atoms with Crippen LogP contribution < -0.4 is 5.32 Å². The van der Waals surface area contributed by atoms with E-state index in [0.717, 1.165) is 23.3 Å². The first-order valence-corrected chi connectivity index (χ1v) is 9.09. The number of nitrogens with one attached hydrogen (secondary N) is 1. The molecule has 0 saturated carbocycles. The minimum atomic E-state index is -0.915. The van der Waals surface area contributed by atoms with Gasteiger partial charge >= 0.3 is 0 Å². The Morgan fingerprint density at radius 2 is 1.42 bits per heavy atom. The Balaban J connectivity index is 1.70. The van der Waals surface area contributed by atoms with Gasteiger partial charge in [-0.1, -0.05) is 60.7 Å². The normalized spacial score (nSPS) is 10.7. The van der Waals surface area contributed by atoms with Crippen LogP contribution in [-0.2, 0) is 4.79 Å². The van der Waals surface area contributed by atoms with Gasteiger partial charge < -0.3 is 5.32 Å². The van der Waals surface area contributed by atoms with Gasteiger partial charge in [-0.05, 0) is 29.3 Å². The quantitative estimate of drug-likeness (QED) is 0.622. The third-order valence-corrected chi connectivity index (χ3v) is 4.83. The highest BCUT2D eigenvalue weighted by Gasteiger charge is 2.16. The lowest BCUT2D eigenvalue weighted by molar-refractivity contribution is -0.119. The van der Waals surface area contributed by atoms with Crippen molar-refractivity contribution in [2.45, 2.75) is 10.9 Å². The zero-order valence-electron chi connectivity index (χ0n) is 13.9. The molecule has 0 spiro atoms. The Kier molecular flexibility index (Phi) is 6.02. The first-order chi connectivity index (χ1) is 12.6. The van der Waals surface area contributed by atoms with Crippen molar-refractivity contribution in [2.75, 3.05) is 5.75 Å². The van der Waals surface area contributed by atoms with Crippen LogP contribution in [0.15, 0.2) is 83.8 Å². The molecular weight excluding hydrogens is 352 g/mol. The number of halogens is 2. The summed E-state index contributed by atoms with van der Waals surface area (Å²) in [6.07, 6.45) is 0. The highest BCUT2D eigenvalue weighted by Crippen LogP contribution is 2.23. The molecule has 0 saturated heterocycles. The van der Waals surface area contributed by atoms with E-state index < -0.39 is 11.6 Å². The van der Waals surface area contributed by atoms with Crippen LogP contribution in [0.25, 0.3) is 0 Å². The van der Waals surface area contributed by atoms with Crippen molar-refractivity contribution in [1.82, 2.24) is 5.32 Å². The third-order valence-electron chi connectivity index (χ3n) is 3.83. The molecule has 3 aromatic rings. The number of rotatable bonds is 6. The van der Waals surface area contributed by atoms with E-state index in [4.69, 9.17) is 0 Å². The summed E-state index contributed by atoms with van der Waals surface area (Å²) in [6, 6.07) is 22.7. The summed E-state index contributed by atoms with van der Waals surface area (Å²) in [5.41, 5.74) is 1.95. The van der Waals surface area contributed by atoms with E-state index in [1.165, 1.54) is 17.8 Å². The van der Waals surface area contributed by atoms with Crippen LogP contribution in [0.1, 0.15) is 17.2 Å². The molecule has 0 aliphatic carbocycles. The molecule has 5 heteroatoms. The van der Waals surface area contributed by atoms with Gasteiger partial charge in [0, 0.05) is 4.90 Å². The lowest BCUT2D eigenvalue weighted by atomic mass is 9.99. The van der Waals surface area contributed by atoms with E-state index in [2.05, 4.69) is 5.32 Å². The van der Waals surface area contributed by atoms with Crippen molar-refractivity contribution < 1.29 is 13.6 Å². The van der Waals surface area contributed by atoms with Crippen LogP contribution in [0.2, 0.25) is 0 Å². The van der Waals surface area contributed by atoms with Gasteiger partial charge in [-0.2, -0.15) is 0 Å². The second-order valence-corrected chi connectivity index (χ2v) is 6.74. The van der Waals surface area contributed by atoms with Crippen LogP contribution in [0.5, 0.6) is 0 Å².